The highest BCUT2D eigenvalue weighted by molar-refractivity contribution is 5.93. The molecule has 22 heavy (non-hydrogen) atoms. The van der Waals surface area contributed by atoms with Gasteiger partial charge in [0.15, 0.2) is 11.5 Å². The summed E-state index contributed by atoms with van der Waals surface area (Å²) in [4.78, 5) is 4.92. The van der Waals surface area contributed by atoms with Gasteiger partial charge in [0.25, 0.3) is 0 Å². The van der Waals surface area contributed by atoms with Crippen LogP contribution in [0.5, 0.6) is 11.5 Å². The number of benzene rings is 2. The Labute approximate surface area is 128 Å². The molecule has 0 saturated heterocycles. The fraction of sp³-hybridized carbons (Fsp3) is 0.211. The normalized spacial score (nSPS) is 14.8. The van der Waals surface area contributed by atoms with Crippen molar-refractivity contribution in [1.82, 2.24) is 4.98 Å². The number of aromatic nitrogens is 1. The molecular weight excluding hydrogens is 274 g/mol. The summed E-state index contributed by atoms with van der Waals surface area (Å²) < 4.78 is 11.0. The summed E-state index contributed by atoms with van der Waals surface area (Å²) in [6.45, 7) is 2.49. The van der Waals surface area contributed by atoms with E-state index < -0.39 is 0 Å². The summed E-state index contributed by atoms with van der Waals surface area (Å²) in [5.41, 5.74) is 7.52. The van der Waals surface area contributed by atoms with Gasteiger partial charge in [0, 0.05) is 22.7 Å². The fourth-order valence-electron chi connectivity index (χ4n) is 3.65. The molecule has 1 aliphatic heterocycles. The van der Waals surface area contributed by atoms with E-state index in [-0.39, 0.29) is 0 Å². The third-order valence-corrected chi connectivity index (χ3v) is 4.73. The van der Waals surface area contributed by atoms with Gasteiger partial charge < -0.3 is 9.47 Å². The Bertz CT molecular complexity index is 930. The van der Waals surface area contributed by atoms with Crippen LogP contribution in [0.25, 0.3) is 22.0 Å². The van der Waals surface area contributed by atoms with Crippen LogP contribution in [0.4, 0.5) is 0 Å². The third kappa shape index (κ3) is 1.54. The topological polar surface area (TPSA) is 31.4 Å². The molecule has 0 spiro atoms. The first-order valence-electron chi connectivity index (χ1n) is 7.62. The van der Waals surface area contributed by atoms with E-state index in [9.17, 15) is 0 Å². The number of rotatable bonds is 0. The number of pyridine rings is 1. The zero-order chi connectivity index (χ0) is 14.7. The first-order chi connectivity index (χ1) is 10.8. The van der Waals surface area contributed by atoms with Crippen LogP contribution < -0.4 is 9.47 Å². The van der Waals surface area contributed by atoms with Gasteiger partial charge in [0.05, 0.1) is 5.52 Å². The molecule has 2 aromatic carbocycles. The molecule has 0 fully saturated rings. The van der Waals surface area contributed by atoms with Crippen molar-refractivity contribution in [3.05, 3.63) is 53.2 Å². The van der Waals surface area contributed by atoms with Gasteiger partial charge in [-0.05, 0) is 42.5 Å². The molecule has 0 bridgehead atoms. The lowest BCUT2D eigenvalue weighted by molar-refractivity contribution is 0.174. The van der Waals surface area contributed by atoms with E-state index >= 15 is 0 Å². The van der Waals surface area contributed by atoms with E-state index in [2.05, 4.69) is 37.3 Å². The van der Waals surface area contributed by atoms with Crippen LogP contribution in [-0.2, 0) is 12.8 Å². The van der Waals surface area contributed by atoms with Crippen LogP contribution in [0.15, 0.2) is 36.4 Å². The Hall–Kier alpha value is -2.55. The Morgan fingerprint density at radius 1 is 1.00 bits per heavy atom. The number of hydrogen-bond acceptors (Lipinski definition) is 3. The molecule has 0 radical (unpaired) electrons. The van der Waals surface area contributed by atoms with Gasteiger partial charge in [0.1, 0.15) is 0 Å². The lowest BCUT2D eigenvalue weighted by Gasteiger charge is -2.22. The van der Waals surface area contributed by atoms with Crippen molar-refractivity contribution in [2.24, 2.45) is 0 Å². The fourth-order valence-corrected chi connectivity index (χ4v) is 3.65. The van der Waals surface area contributed by atoms with Crippen LogP contribution in [0.1, 0.15) is 16.8 Å². The minimum absolute atomic E-state index is 0.299. The Morgan fingerprint density at radius 3 is 2.73 bits per heavy atom. The van der Waals surface area contributed by atoms with Crippen molar-refractivity contribution in [2.45, 2.75) is 19.8 Å². The van der Waals surface area contributed by atoms with Crippen molar-refractivity contribution in [2.75, 3.05) is 6.79 Å². The molecule has 1 aliphatic carbocycles. The zero-order valence-electron chi connectivity index (χ0n) is 12.3. The summed E-state index contributed by atoms with van der Waals surface area (Å²) in [5, 5.41) is 1.15. The van der Waals surface area contributed by atoms with Crippen molar-refractivity contribution >= 4 is 10.9 Å². The van der Waals surface area contributed by atoms with Gasteiger partial charge in [-0.25, -0.2) is 0 Å². The number of fused-ring (bicyclic) bond motifs is 5. The molecule has 108 valence electrons. The number of nitrogens with zero attached hydrogens (tertiary/aromatic N) is 1. The SMILES string of the molecule is Cc1c2c(nc3cc4c(cc13)OCO4)CCc1ccccc1-2. The second-order valence-electron chi connectivity index (χ2n) is 5.94. The molecule has 3 aromatic rings. The second-order valence-corrected chi connectivity index (χ2v) is 5.94. The summed E-state index contributed by atoms with van der Waals surface area (Å²) in [6.07, 6.45) is 2.06. The quantitative estimate of drug-likeness (QED) is 0.626. The summed E-state index contributed by atoms with van der Waals surface area (Å²) in [6, 6.07) is 12.7. The monoisotopic (exact) mass is 289 g/mol. The molecule has 0 amide bonds. The van der Waals surface area contributed by atoms with Crippen LogP contribution in [0.3, 0.4) is 0 Å². The average Bonchev–Trinajstić information content (AvgIpc) is 3.00. The lowest BCUT2D eigenvalue weighted by Crippen LogP contribution is -2.08. The first kappa shape index (κ1) is 12.0. The second kappa shape index (κ2) is 4.23. The minimum Gasteiger partial charge on any atom is -0.454 e. The molecule has 3 nitrogen and oxygen atoms in total. The highest BCUT2D eigenvalue weighted by atomic mass is 16.7. The standard InChI is InChI=1S/C19H15NO2/c1-11-14-8-17-18(22-10-21-17)9-16(14)20-15-7-6-12-4-2-3-5-13(12)19(11)15/h2-5,8-9H,6-7,10H2,1H3. The maximum Gasteiger partial charge on any atom is 0.231 e. The van der Waals surface area contributed by atoms with Crippen LogP contribution in [0, 0.1) is 6.92 Å². The lowest BCUT2D eigenvalue weighted by atomic mass is 9.85. The van der Waals surface area contributed by atoms with E-state index in [1.165, 1.54) is 27.9 Å². The zero-order valence-corrected chi connectivity index (χ0v) is 12.3. The molecule has 0 unspecified atom stereocenters. The van der Waals surface area contributed by atoms with Crippen molar-refractivity contribution in [3.8, 4) is 22.6 Å². The molecule has 3 heteroatoms. The van der Waals surface area contributed by atoms with Crippen molar-refractivity contribution in [3.63, 3.8) is 0 Å². The molecule has 2 heterocycles. The molecule has 1 aromatic heterocycles. The predicted molar refractivity (Wildman–Crippen MR) is 85.4 cm³/mol. The van der Waals surface area contributed by atoms with E-state index in [1.807, 2.05) is 6.07 Å². The Kier molecular flexibility index (Phi) is 2.31. The van der Waals surface area contributed by atoms with Crippen LogP contribution in [-0.4, -0.2) is 11.8 Å². The number of aryl methyl sites for hydroxylation is 3. The maximum absolute atomic E-state index is 5.53. The van der Waals surface area contributed by atoms with Gasteiger partial charge in [-0.3, -0.25) is 4.98 Å². The Balaban J connectivity index is 1.86. The van der Waals surface area contributed by atoms with Crippen molar-refractivity contribution in [1.29, 1.82) is 0 Å². The van der Waals surface area contributed by atoms with E-state index in [1.54, 1.807) is 0 Å². The molecular formula is C19H15NO2. The predicted octanol–water partition coefficient (Wildman–Crippen LogP) is 4.04. The molecule has 5 rings (SSSR count). The smallest absolute Gasteiger partial charge is 0.231 e. The van der Waals surface area contributed by atoms with Crippen LogP contribution >= 0.6 is 0 Å². The molecule has 2 aliphatic rings. The van der Waals surface area contributed by atoms with Gasteiger partial charge >= 0.3 is 0 Å². The average molecular weight is 289 g/mol. The summed E-state index contributed by atoms with van der Waals surface area (Å²) >= 11 is 0. The van der Waals surface area contributed by atoms with E-state index in [0.717, 1.165) is 35.2 Å². The minimum atomic E-state index is 0.299. The molecule has 0 atom stereocenters. The number of ether oxygens (including phenoxy) is 2. The molecule has 0 N–H and O–H groups in total. The molecule has 0 saturated carbocycles. The Morgan fingerprint density at radius 2 is 1.82 bits per heavy atom. The number of hydrogen-bond donors (Lipinski definition) is 0. The van der Waals surface area contributed by atoms with Crippen LogP contribution in [0.2, 0.25) is 0 Å². The first-order valence-corrected chi connectivity index (χ1v) is 7.62. The summed E-state index contributed by atoms with van der Waals surface area (Å²) in [7, 11) is 0. The van der Waals surface area contributed by atoms with Gasteiger partial charge in [0.2, 0.25) is 6.79 Å². The van der Waals surface area contributed by atoms with Gasteiger partial charge in [-0.1, -0.05) is 24.3 Å². The van der Waals surface area contributed by atoms with Crippen molar-refractivity contribution < 1.29 is 9.47 Å². The summed E-state index contributed by atoms with van der Waals surface area (Å²) in [5.74, 6) is 1.62. The van der Waals surface area contributed by atoms with E-state index in [4.69, 9.17) is 14.5 Å². The highest BCUT2D eigenvalue weighted by Gasteiger charge is 2.23. The maximum atomic E-state index is 5.53. The van der Waals surface area contributed by atoms with E-state index in [0.29, 0.717) is 6.79 Å². The largest absolute Gasteiger partial charge is 0.454 e. The highest BCUT2D eigenvalue weighted by Crippen LogP contribution is 2.42. The van der Waals surface area contributed by atoms with Gasteiger partial charge in [-0.15, -0.1) is 0 Å². The third-order valence-electron chi connectivity index (χ3n) is 4.73. The van der Waals surface area contributed by atoms with Gasteiger partial charge in [-0.2, -0.15) is 0 Å².